The Morgan fingerprint density at radius 2 is 1.92 bits per heavy atom. The molecule has 1 atom stereocenters. The highest BCUT2D eigenvalue weighted by molar-refractivity contribution is 5.89. The fraction of sp³-hybridized carbons (Fsp3) is 0.353. The van der Waals surface area contributed by atoms with Gasteiger partial charge in [-0.25, -0.2) is 0 Å². The molecular formula is C17H21N3O4. The van der Waals surface area contributed by atoms with Gasteiger partial charge in [0.1, 0.15) is 12.6 Å². The number of hydrogen-bond donors (Lipinski definition) is 3. The summed E-state index contributed by atoms with van der Waals surface area (Å²) in [6.45, 7) is 3.28. The number of amides is 2. The maximum Gasteiger partial charge on any atom is 0.323 e. The van der Waals surface area contributed by atoms with Crippen LogP contribution in [0.4, 0.5) is 0 Å². The molecule has 0 radical (unpaired) electrons. The number of nitrogens with one attached hydrogen (secondary N) is 1. The molecule has 0 spiro atoms. The summed E-state index contributed by atoms with van der Waals surface area (Å²) in [5.41, 5.74) is 6.93. The molecule has 0 aliphatic rings. The number of aromatic nitrogens is 1. The zero-order chi connectivity index (χ0) is 17.9. The molecule has 24 heavy (non-hydrogen) atoms. The molecule has 2 aromatic rings. The lowest BCUT2D eigenvalue weighted by molar-refractivity contribution is -0.137. The van der Waals surface area contributed by atoms with Gasteiger partial charge in [0.2, 0.25) is 11.8 Å². The molecular weight excluding hydrogens is 310 g/mol. The fourth-order valence-electron chi connectivity index (χ4n) is 2.54. The van der Waals surface area contributed by atoms with Gasteiger partial charge >= 0.3 is 5.97 Å². The Hall–Kier alpha value is -2.83. The lowest BCUT2D eigenvalue weighted by Crippen LogP contribution is -2.47. The number of nitrogens with two attached hydrogens (primary N) is 1. The number of carboxylic acids is 1. The van der Waals surface area contributed by atoms with Gasteiger partial charge in [-0.05, 0) is 11.6 Å². The summed E-state index contributed by atoms with van der Waals surface area (Å²) in [6, 6.07) is 6.47. The largest absolute Gasteiger partial charge is 0.480 e. The van der Waals surface area contributed by atoms with Crippen LogP contribution in [0.25, 0.3) is 10.9 Å². The number of hydrogen-bond acceptors (Lipinski definition) is 3. The average molecular weight is 331 g/mol. The van der Waals surface area contributed by atoms with E-state index in [2.05, 4.69) is 5.32 Å². The van der Waals surface area contributed by atoms with Gasteiger partial charge in [-0.1, -0.05) is 32.0 Å². The van der Waals surface area contributed by atoms with Crippen molar-refractivity contribution in [3.8, 4) is 0 Å². The molecule has 7 nitrogen and oxygen atoms in total. The van der Waals surface area contributed by atoms with E-state index < -0.39 is 17.9 Å². The number of carbonyl (C=O) groups excluding carboxylic acids is 2. The number of fused-ring (bicyclic) bond motifs is 1. The highest BCUT2D eigenvalue weighted by Gasteiger charge is 2.22. The van der Waals surface area contributed by atoms with E-state index in [0.29, 0.717) is 0 Å². The molecule has 0 unspecified atom stereocenters. The summed E-state index contributed by atoms with van der Waals surface area (Å²) in [5.74, 6) is -2.10. The van der Waals surface area contributed by atoms with Crippen molar-refractivity contribution >= 4 is 28.7 Å². The molecule has 1 aromatic carbocycles. The summed E-state index contributed by atoms with van der Waals surface area (Å²) in [4.78, 5) is 34.6. The van der Waals surface area contributed by atoms with E-state index in [-0.39, 0.29) is 24.8 Å². The Morgan fingerprint density at radius 3 is 2.50 bits per heavy atom. The molecule has 2 rings (SSSR count). The van der Waals surface area contributed by atoms with Gasteiger partial charge in [0.25, 0.3) is 0 Å². The summed E-state index contributed by atoms with van der Waals surface area (Å²) in [5, 5.41) is 12.5. The summed E-state index contributed by atoms with van der Waals surface area (Å²) < 4.78 is 1.61. The van der Waals surface area contributed by atoms with Crippen molar-refractivity contribution in [3.05, 3.63) is 36.0 Å². The normalized spacial score (nSPS) is 12.3. The molecule has 0 bridgehead atoms. The maximum atomic E-state index is 11.9. The van der Waals surface area contributed by atoms with E-state index in [1.165, 1.54) is 0 Å². The quantitative estimate of drug-likeness (QED) is 0.699. The molecule has 128 valence electrons. The van der Waals surface area contributed by atoms with Crippen molar-refractivity contribution in [1.29, 1.82) is 0 Å². The Morgan fingerprint density at radius 1 is 1.25 bits per heavy atom. The first kappa shape index (κ1) is 17.5. The van der Waals surface area contributed by atoms with Crippen LogP contribution in [-0.2, 0) is 27.3 Å². The predicted molar refractivity (Wildman–Crippen MR) is 89.2 cm³/mol. The molecule has 4 N–H and O–H groups in total. The standard InChI is InChI=1S/C17H21N3O4/c1-10(2)17(24)19-13(16(18)23)7-11-8-20(9-15(21)22)14-6-4-3-5-12(11)14/h3-6,8,10,13H,7,9H2,1-2H3,(H2,18,23)(H,19,24)(H,21,22)/t13-/m0/s1. The van der Waals surface area contributed by atoms with Crippen LogP contribution in [0.15, 0.2) is 30.5 Å². The van der Waals surface area contributed by atoms with Gasteiger partial charge in [0, 0.05) is 29.4 Å². The van der Waals surface area contributed by atoms with Gasteiger partial charge in [0.15, 0.2) is 0 Å². The van der Waals surface area contributed by atoms with Crippen LogP contribution >= 0.6 is 0 Å². The summed E-state index contributed by atoms with van der Waals surface area (Å²) in [7, 11) is 0. The van der Waals surface area contributed by atoms with Crippen LogP contribution in [0.5, 0.6) is 0 Å². The SMILES string of the molecule is CC(C)C(=O)N[C@@H](Cc1cn(CC(=O)O)c2ccccc12)C(N)=O. The maximum absolute atomic E-state index is 11.9. The van der Waals surface area contributed by atoms with Crippen molar-refractivity contribution in [1.82, 2.24) is 9.88 Å². The summed E-state index contributed by atoms with van der Waals surface area (Å²) in [6.07, 6.45) is 1.90. The monoisotopic (exact) mass is 331 g/mol. The van der Waals surface area contributed by atoms with Gasteiger partial charge in [-0.3, -0.25) is 14.4 Å². The molecule has 1 heterocycles. The van der Waals surface area contributed by atoms with Gasteiger partial charge in [-0.15, -0.1) is 0 Å². The minimum atomic E-state index is -0.957. The van der Waals surface area contributed by atoms with Crippen molar-refractivity contribution in [2.45, 2.75) is 32.9 Å². The second-order valence-electron chi connectivity index (χ2n) is 6.02. The molecule has 7 heteroatoms. The topological polar surface area (TPSA) is 114 Å². The molecule has 0 fully saturated rings. The van der Waals surface area contributed by atoms with Crippen LogP contribution in [0.3, 0.4) is 0 Å². The Balaban J connectivity index is 2.34. The zero-order valence-corrected chi connectivity index (χ0v) is 13.7. The molecule has 2 amide bonds. The number of benzene rings is 1. The number of primary amides is 1. The van der Waals surface area contributed by atoms with Crippen molar-refractivity contribution in [3.63, 3.8) is 0 Å². The summed E-state index contributed by atoms with van der Waals surface area (Å²) >= 11 is 0. The number of aliphatic carboxylic acids is 1. The lowest BCUT2D eigenvalue weighted by atomic mass is 10.0. The molecule has 0 aliphatic carbocycles. The van der Waals surface area contributed by atoms with Crippen LogP contribution in [0.2, 0.25) is 0 Å². The van der Waals surface area contributed by atoms with E-state index in [9.17, 15) is 14.4 Å². The van der Waals surface area contributed by atoms with Crippen molar-refractivity contribution < 1.29 is 19.5 Å². The molecule has 1 aromatic heterocycles. The molecule has 0 aliphatic heterocycles. The van der Waals surface area contributed by atoms with Gasteiger partial charge in [-0.2, -0.15) is 0 Å². The Kier molecular flexibility index (Phi) is 5.23. The van der Waals surface area contributed by atoms with Gasteiger partial charge in [0.05, 0.1) is 0 Å². The van der Waals surface area contributed by atoms with E-state index in [1.54, 1.807) is 24.6 Å². The number of nitrogens with zero attached hydrogens (tertiary/aromatic N) is 1. The molecule has 0 saturated heterocycles. The number of rotatable bonds is 7. The van der Waals surface area contributed by atoms with Crippen LogP contribution in [0, 0.1) is 5.92 Å². The lowest BCUT2D eigenvalue weighted by Gasteiger charge is -2.16. The Labute approximate surface area is 139 Å². The average Bonchev–Trinajstić information content (AvgIpc) is 2.84. The van der Waals surface area contributed by atoms with Crippen LogP contribution < -0.4 is 11.1 Å². The second-order valence-corrected chi connectivity index (χ2v) is 6.02. The minimum absolute atomic E-state index is 0.180. The van der Waals surface area contributed by atoms with Gasteiger partial charge < -0.3 is 20.7 Å². The second kappa shape index (κ2) is 7.16. The van der Waals surface area contributed by atoms with E-state index in [0.717, 1.165) is 16.5 Å². The van der Waals surface area contributed by atoms with Crippen LogP contribution in [-0.4, -0.2) is 33.5 Å². The molecule has 0 saturated carbocycles. The van der Waals surface area contributed by atoms with Crippen molar-refractivity contribution in [2.75, 3.05) is 0 Å². The number of carboxylic acid groups (broad SMARTS) is 1. The smallest absolute Gasteiger partial charge is 0.323 e. The van der Waals surface area contributed by atoms with Crippen LogP contribution in [0.1, 0.15) is 19.4 Å². The van der Waals surface area contributed by atoms with E-state index in [4.69, 9.17) is 10.8 Å². The van der Waals surface area contributed by atoms with E-state index >= 15 is 0 Å². The third-order valence-electron chi connectivity index (χ3n) is 3.79. The number of carbonyl (C=O) groups is 3. The Bertz CT molecular complexity index is 779. The highest BCUT2D eigenvalue weighted by Crippen LogP contribution is 2.22. The number of para-hydroxylation sites is 1. The first-order valence-electron chi connectivity index (χ1n) is 7.67. The fourth-order valence-corrected chi connectivity index (χ4v) is 2.54. The third kappa shape index (κ3) is 3.92. The highest BCUT2D eigenvalue weighted by atomic mass is 16.4. The predicted octanol–water partition coefficient (Wildman–Crippen LogP) is 0.894. The minimum Gasteiger partial charge on any atom is -0.480 e. The first-order valence-corrected chi connectivity index (χ1v) is 7.67. The first-order chi connectivity index (χ1) is 11.3. The third-order valence-corrected chi connectivity index (χ3v) is 3.79. The van der Waals surface area contributed by atoms with E-state index in [1.807, 2.05) is 24.3 Å². The zero-order valence-electron chi connectivity index (χ0n) is 13.7. The van der Waals surface area contributed by atoms with Crippen molar-refractivity contribution in [2.24, 2.45) is 11.7 Å².